The normalized spacial score (nSPS) is 10.5. The number of nitrogens with one attached hydrogen (secondary N) is 2. The third-order valence-electron chi connectivity index (χ3n) is 4.51. The minimum Gasteiger partial charge on any atom is -0.507 e. The Morgan fingerprint density at radius 2 is 1.79 bits per heavy atom. The molecule has 0 atom stereocenters. The van der Waals surface area contributed by atoms with Crippen molar-refractivity contribution in [2.45, 2.75) is 20.8 Å². The van der Waals surface area contributed by atoms with Gasteiger partial charge < -0.3 is 15.7 Å². The number of hydrogen-bond acceptors (Lipinski definition) is 4. The number of aromatic nitrogens is 1. The number of nitrogens with zero attached hydrogens (tertiary/aromatic N) is 1. The van der Waals surface area contributed by atoms with Crippen molar-refractivity contribution in [1.82, 2.24) is 10.3 Å². The molecule has 0 spiro atoms. The van der Waals surface area contributed by atoms with Crippen LogP contribution in [0.1, 0.15) is 18.1 Å². The molecule has 0 saturated carbocycles. The Hall–Kier alpha value is -3.34. The van der Waals surface area contributed by atoms with Crippen LogP contribution in [0.5, 0.6) is 5.75 Å². The molecule has 0 radical (unpaired) electrons. The van der Waals surface area contributed by atoms with Gasteiger partial charge in [-0.2, -0.15) is 0 Å². The summed E-state index contributed by atoms with van der Waals surface area (Å²) in [6.45, 7) is 6.62. The highest BCUT2D eigenvalue weighted by atomic mass is 16.3. The van der Waals surface area contributed by atoms with E-state index in [1.54, 1.807) is 6.07 Å². The predicted octanol–water partition coefficient (Wildman–Crippen LogP) is 4.29. The molecule has 0 unspecified atom stereocenters. The van der Waals surface area contributed by atoms with Crippen LogP contribution in [0.3, 0.4) is 0 Å². The maximum Gasteiger partial charge on any atom is 0.216 e. The van der Waals surface area contributed by atoms with Gasteiger partial charge in [-0.25, -0.2) is 4.98 Å². The van der Waals surface area contributed by atoms with Gasteiger partial charge in [-0.15, -0.1) is 0 Å². The van der Waals surface area contributed by atoms with E-state index in [1.165, 1.54) is 6.92 Å². The van der Waals surface area contributed by atoms with Crippen LogP contribution in [0.15, 0.2) is 54.6 Å². The molecule has 1 amide bonds. The van der Waals surface area contributed by atoms with Gasteiger partial charge in [-0.05, 0) is 54.8 Å². The lowest BCUT2D eigenvalue weighted by Gasteiger charge is -2.14. The van der Waals surface area contributed by atoms with E-state index in [1.807, 2.05) is 43.3 Å². The van der Waals surface area contributed by atoms with Gasteiger partial charge in [0.25, 0.3) is 0 Å². The maximum atomic E-state index is 11.1. The second-order valence-corrected chi connectivity index (χ2v) is 6.87. The quantitative estimate of drug-likeness (QED) is 0.562. The highest BCUT2D eigenvalue weighted by Crippen LogP contribution is 2.34. The fourth-order valence-corrected chi connectivity index (χ4v) is 3.10. The minimum atomic E-state index is -0.0613. The summed E-state index contributed by atoms with van der Waals surface area (Å²) in [7, 11) is 0. The van der Waals surface area contributed by atoms with E-state index in [2.05, 4.69) is 29.7 Å². The van der Waals surface area contributed by atoms with E-state index in [9.17, 15) is 9.90 Å². The van der Waals surface area contributed by atoms with Crippen molar-refractivity contribution in [1.29, 1.82) is 0 Å². The van der Waals surface area contributed by atoms with Gasteiger partial charge in [0, 0.05) is 25.6 Å². The number of carbonyl (C=O) groups is 1. The molecule has 1 aromatic heterocycles. The standard InChI is InChI=1S/C23H25N3O2/c1-15-8-9-22(28)20(12-15)21-13-18(19-7-5-4-6-16(19)2)14-23(26-21)25-11-10-24-17(3)27/h4-9,12-14,28H,10-11H2,1-3H3,(H,24,27)(H,25,26). The number of aryl methyl sites for hydroxylation is 2. The van der Waals surface area contributed by atoms with Crippen LogP contribution in [0, 0.1) is 13.8 Å². The van der Waals surface area contributed by atoms with E-state index in [4.69, 9.17) is 4.98 Å². The first kappa shape index (κ1) is 19.4. The summed E-state index contributed by atoms with van der Waals surface area (Å²) in [4.78, 5) is 15.8. The third-order valence-corrected chi connectivity index (χ3v) is 4.51. The Labute approximate surface area is 165 Å². The Morgan fingerprint density at radius 1 is 1.00 bits per heavy atom. The largest absolute Gasteiger partial charge is 0.507 e. The average Bonchev–Trinajstić information content (AvgIpc) is 2.67. The average molecular weight is 375 g/mol. The number of anilines is 1. The molecule has 144 valence electrons. The van der Waals surface area contributed by atoms with Crippen molar-refractivity contribution in [2.24, 2.45) is 0 Å². The Kier molecular flexibility index (Phi) is 5.94. The summed E-state index contributed by atoms with van der Waals surface area (Å²) >= 11 is 0. The van der Waals surface area contributed by atoms with Crippen LogP contribution >= 0.6 is 0 Å². The molecule has 0 aliphatic rings. The SMILES string of the molecule is CC(=O)NCCNc1cc(-c2ccccc2C)cc(-c2cc(C)ccc2O)n1. The van der Waals surface area contributed by atoms with Gasteiger partial charge >= 0.3 is 0 Å². The van der Waals surface area contributed by atoms with Crippen LogP contribution in [-0.2, 0) is 4.79 Å². The van der Waals surface area contributed by atoms with Crippen LogP contribution in [0.25, 0.3) is 22.4 Å². The highest BCUT2D eigenvalue weighted by molar-refractivity contribution is 5.78. The molecule has 2 aromatic carbocycles. The molecule has 0 fully saturated rings. The molecule has 0 aliphatic heterocycles. The summed E-state index contributed by atoms with van der Waals surface area (Å²) < 4.78 is 0. The molecule has 0 bridgehead atoms. The van der Waals surface area contributed by atoms with Gasteiger partial charge in [0.15, 0.2) is 0 Å². The molecule has 0 saturated heterocycles. The van der Waals surface area contributed by atoms with E-state index in [-0.39, 0.29) is 11.7 Å². The smallest absolute Gasteiger partial charge is 0.216 e. The lowest BCUT2D eigenvalue weighted by Crippen LogP contribution is -2.26. The second kappa shape index (κ2) is 8.57. The molecular weight excluding hydrogens is 350 g/mol. The van der Waals surface area contributed by atoms with Crippen molar-refractivity contribution < 1.29 is 9.90 Å². The molecule has 3 aromatic rings. The highest BCUT2D eigenvalue weighted by Gasteiger charge is 2.12. The van der Waals surface area contributed by atoms with Crippen molar-refractivity contribution >= 4 is 11.7 Å². The minimum absolute atomic E-state index is 0.0613. The van der Waals surface area contributed by atoms with Gasteiger partial charge in [-0.1, -0.05) is 35.9 Å². The van der Waals surface area contributed by atoms with Crippen LogP contribution in [0.2, 0.25) is 0 Å². The number of pyridine rings is 1. The van der Waals surface area contributed by atoms with Gasteiger partial charge in [0.1, 0.15) is 11.6 Å². The summed E-state index contributed by atoms with van der Waals surface area (Å²) in [5, 5.41) is 16.4. The number of amides is 1. The molecule has 1 heterocycles. The molecule has 3 N–H and O–H groups in total. The fraction of sp³-hybridized carbons (Fsp3) is 0.217. The zero-order valence-electron chi connectivity index (χ0n) is 16.4. The Bertz CT molecular complexity index is 999. The summed E-state index contributed by atoms with van der Waals surface area (Å²) in [5.74, 6) is 0.833. The zero-order chi connectivity index (χ0) is 20.1. The van der Waals surface area contributed by atoms with Crippen molar-refractivity contribution in [2.75, 3.05) is 18.4 Å². The van der Waals surface area contributed by atoms with Crippen LogP contribution < -0.4 is 10.6 Å². The zero-order valence-corrected chi connectivity index (χ0v) is 16.4. The monoisotopic (exact) mass is 375 g/mol. The molecule has 5 nitrogen and oxygen atoms in total. The van der Waals surface area contributed by atoms with Crippen LogP contribution in [0.4, 0.5) is 5.82 Å². The summed E-state index contributed by atoms with van der Waals surface area (Å²) in [5.41, 5.74) is 5.74. The first-order valence-corrected chi connectivity index (χ1v) is 9.30. The maximum absolute atomic E-state index is 11.1. The summed E-state index contributed by atoms with van der Waals surface area (Å²) in [6, 6.07) is 17.7. The van der Waals surface area contributed by atoms with Crippen molar-refractivity contribution in [3.63, 3.8) is 0 Å². The molecule has 5 heteroatoms. The first-order chi connectivity index (χ1) is 13.4. The lowest BCUT2D eigenvalue weighted by atomic mass is 9.98. The predicted molar refractivity (Wildman–Crippen MR) is 113 cm³/mol. The number of hydrogen-bond donors (Lipinski definition) is 3. The molecule has 0 aliphatic carbocycles. The van der Waals surface area contributed by atoms with Gasteiger partial charge in [0.2, 0.25) is 5.91 Å². The second-order valence-electron chi connectivity index (χ2n) is 6.87. The third kappa shape index (κ3) is 4.68. The Morgan fingerprint density at radius 3 is 2.54 bits per heavy atom. The first-order valence-electron chi connectivity index (χ1n) is 9.30. The number of phenolic OH excluding ortho intramolecular Hbond substituents is 1. The van der Waals surface area contributed by atoms with E-state index >= 15 is 0 Å². The van der Waals surface area contributed by atoms with E-state index in [0.717, 1.165) is 22.3 Å². The van der Waals surface area contributed by atoms with E-state index in [0.29, 0.717) is 30.2 Å². The van der Waals surface area contributed by atoms with E-state index < -0.39 is 0 Å². The fourth-order valence-electron chi connectivity index (χ4n) is 3.10. The number of rotatable bonds is 6. The van der Waals surface area contributed by atoms with Gasteiger partial charge in [-0.3, -0.25) is 4.79 Å². The molecular formula is C23H25N3O2. The van der Waals surface area contributed by atoms with Gasteiger partial charge in [0.05, 0.1) is 5.69 Å². The number of phenols is 1. The van der Waals surface area contributed by atoms with Crippen LogP contribution in [-0.4, -0.2) is 29.1 Å². The Balaban J connectivity index is 2.02. The number of benzene rings is 2. The van der Waals surface area contributed by atoms with Crippen molar-refractivity contribution in [3.05, 3.63) is 65.7 Å². The summed E-state index contributed by atoms with van der Waals surface area (Å²) in [6.07, 6.45) is 0. The number of aromatic hydroxyl groups is 1. The molecule has 3 rings (SSSR count). The number of carbonyl (C=O) groups excluding carboxylic acids is 1. The lowest BCUT2D eigenvalue weighted by molar-refractivity contribution is -0.118. The molecule has 28 heavy (non-hydrogen) atoms. The van der Waals surface area contributed by atoms with Crippen molar-refractivity contribution in [3.8, 4) is 28.1 Å². The topological polar surface area (TPSA) is 74.2 Å².